The van der Waals surface area contributed by atoms with Crippen molar-refractivity contribution in [1.82, 2.24) is 5.16 Å². The van der Waals surface area contributed by atoms with Crippen molar-refractivity contribution in [3.63, 3.8) is 0 Å². The van der Waals surface area contributed by atoms with Crippen LogP contribution in [-0.4, -0.2) is 5.16 Å². The predicted molar refractivity (Wildman–Crippen MR) is 92.2 cm³/mol. The second-order valence-electron chi connectivity index (χ2n) is 4.40. The summed E-state index contributed by atoms with van der Waals surface area (Å²) in [7, 11) is 0. The van der Waals surface area contributed by atoms with Crippen molar-refractivity contribution in [1.29, 1.82) is 0 Å². The summed E-state index contributed by atoms with van der Waals surface area (Å²) in [6.07, 6.45) is 0. The molecule has 3 aromatic rings. The van der Waals surface area contributed by atoms with Crippen molar-refractivity contribution in [3.8, 4) is 22.4 Å². The summed E-state index contributed by atoms with van der Waals surface area (Å²) in [6, 6.07) is 13.3. The van der Waals surface area contributed by atoms with Crippen LogP contribution in [0.2, 0.25) is 5.02 Å². The van der Waals surface area contributed by atoms with Crippen LogP contribution in [0.15, 0.2) is 55.9 Å². The molecule has 2 aromatic carbocycles. The molecule has 0 unspecified atom stereocenters. The zero-order valence-electron chi connectivity index (χ0n) is 10.6. The lowest BCUT2D eigenvalue weighted by Gasteiger charge is -2.05. The number of hydrogen-bond donors (Lipinski definition) is 1. The molecule has 3 rings (SSSR count). The average Bonchev–Trinajstić information content (AvgIpc) is 2.82. The summed E-state index contributed by atoms with van der Waals surface area (Å²) in [6.45, 7) is 0. The van der Waals surface area contributed by atoms with Crippen molar-refractivity contribution in [3.05, 3.63) is 56.4 Å². The van der Waals surface area contributed by atoms with Gasteiger partial charge in [0.15, 0.2) is 0 Å². The minimum atomic E-state index is 0.286. The number of nitrogens with two attached hydrogens (primary N) is 1. The second-order valence-corrected chi connectivity index (χ2v) is 6.61. The van der Waals surface area contributed by atoms with E-state index in [9.17, 15) is 0 Å². The van der Waals surface area contributed by atoms with Crippen LogP contribution < -0.4 is 5.73 Å². The predicted octanol–water partition coefficient (Wildman–Crippen LogP) is 5.77. The Labute approximate surface area is 143 Å². The Morgan fingerprint density at radius 1 is 1.05 bits per heavy atom. The van der Waals surface area contributed by atoms with E-state index in [0.717, 1.165) is 25.6 Å². The first-order valence-electron chi connectivity index (χ1n) is 6.03. The van der Waals surface area contributed by atoms with Gasteiger partial charge >= 0.3 is 0 Å². The highest BCUT2D eigenvalue weighted by Crippen LogP contribution is 2.39. The number of aromatic nitrogens is 1. The highest BCUT2D eigenvalue weighted by Gasteiger charge is 2.19. The molecule has 6 heteroatoms. The van der Waals surface area contributed by atoms with Crippen LogP contribution >= 0.6 is 43.5 Å². The fourth-order valence-corrected chi connectivity index (χ4v) is 3.20. The molecule has 0 spiro atoms. The van der Waals surface area contributed by atoms with Crippen LogP contribution in [-0.2, 0) is 0 Å². The first-order chi connectivity index (χ1) is 10.1. The summed E-state index contributed by atoms with van der Waals surface area (Å²) >= 11 is 12.9. The minimum Gasteiger partial charge on any atom is -0.367 e. The summed E-state index contributed by atoms with van der Waals surface area (Å²) in [5.41, 5.74) is 9.21. The third-order valence-electron chi connectivity index (χ3n) is 3.04. The topological polar surface area (TPSA) is 52.0 Å². The van der Waals surface area contributed by atoms with Gasteiger partial charge in [0.05, 0.1) is 5.56 Å². The molecule has 0 radical (unpaired) electrons. The van der Waals surface area contributed by atoms with Crippen LogP contribution in [0.25, 0.3) is 22.4 Å². The Morgan fingerprint density at radius 3 is 2.43 bits per heavy atom. The zero-order valence-corrected chi connectivity index (χ0v) is 14.5. The Bertz CT molecular complexity index is 800. The molecule has 0 bridgehead atoms. The van der Waals surface area contributed by atoms with E-state index in [1.165, 1.54) is 0 Å². The number of hydrogen-bond acceptors (Lipinski definition) is 3. The van der Waals surface area contributed by atoms with Gasteiger partial charge in [-0.05, 0) is 29.8 Å². The Morgan fingerprint density at radius 2 is 1.76 bits per heavy atom. The fraction of sp³-hybridized carbons (Fsp3) is 0. The molecule has 21 heavy (non-hydrogen) atoms. The molecular formula is C15H9Br2ClN2O. The Kier molecular flexibility index (Phi) is 4.06. The van der Waals surface area contributed by atoms with Gasteiger partial charge in [0.1, 0.15) is 5.69 Å². The number of nitrogens with zero attached hydrogens (tertiary/aromatic N) is 1. The maximum atomic E-state index is 5.98. The molecule has 0 aliphatic heterocycles. The SMILES string of the molecule is Nc1onc(-c2ccc(Cl)cc2Br)c1-c1ccc(Br)cc1. The van der Waals surface area contributed by atoms with Gasteiger partial charge in [0.25, 0.3) is 0 Å². The van der Waals surface area contributed by atoms with Crippen LogP contribution in [0, 0.1) is 0 Å². The molecule has 106 valence electrons. The maximum Gasteiger partial charge on any atom is 0.230 e. The van der Waals surface area contributed by atoms with Crippen molar-refractivity contribution in [2.24, 2.45) is 0 Å². The van der Waals surface area contributed by atoms with Crippen LogP contribution in [0.1, 0.15) is 0 Å². The largest absolute Gasteiger partial charge is 0.367 e. The third-order valence-corrected chi connectivity index (χ3v) is 4.46. The van der Waals surface area contributed by atoms with E-state index in [4.69, 9.17) is 21.9 Å². The van der Waals surface area contributed by atoms with Gasteiger partial charge in [-0.15, -0.1) is 0 Å². The second kappa shape index (κ2) is 5.83. The van der Waals surface area contributed by atoms with Crippen LogP contribution in [0.3, 0.4) is 0 Å². The van der Waals surface area contributed by atoms with Crippen LogP contribution in [0.4, 0.5) is 5.88 Å². The van der Waals surface area contributed by atoms with Crippen molar-refractivity contribution in [2.45, 2.75) is 0 Å². The van der Waals surface area contributed by atoms with E-state index >= 15 is 0 Å². The van der Waals surface area contributed by atoms with Crippen molar-refractivity contribution < 1.29 is 4.52 Å². The lowest BCUT2D eigenvalue weighted by atomic mass is 10.0. The van der Waals surface area contributed by atoms with Crippen molar-refractivity contribution >= 4 is 49.3 Å². The number of benzene rings is 2. The molecule has 0 aliphatic rings. The summed E-state index contributed by atoms with van der Waals surface area (Å²) < 4.78 is 7.01. The summed E-state index contributed by atoms with van der Waals surface area (Å²) in [5, 5.41) is 4.74. The van der Waals surface area contributed by atoms with E-state index in [1.807, 2.05) is 36.4 Å². The lowest BCUT2D eigenvalue weighted by molar-refractivity contribution is 0.439. The van der Waals surface area contributed by atoms with Gasteiger partial charge in [-0.1, -0.05) is 66.8 Å². The Balaban J connectivity index is 2.19. The summed E-state index contributed by atoms with van der Waals surface area (Å²) in [5.74, 6) is 0.286. The summed E-state index contributed by atoms with van der Waals surface area (Å²) in [4.78, 5) is 0. The van der Waals surface area contributed by atoms with Gasteiger partial charge in [0.2, 0.25) is 5.88 Å². The van der Waals surface area contributed by atoms with Crippen molar-refractivity contribution in [2.75, 3.05) is 5.73 Å². The highest BCUT2D eigenvalue weighted by molar-refractivity contribution is 9.10. The normalized spacial score (nSPS) is 10.8. The molecule has 0 saturated heterocycles. The van der Waals surface area contributed by atoms with E-state index in [0.29, 0.717) is 10.7 Å². The van der Waals surface area contributed by atoms with Gasteiger partial charge < -0.3 is 10.3 Å². The lowest BCUT2D eigenvalue weighted by Crippen LogP contribution is -1.88. The van der Waals surface area contributed by atoms with Gasteiger partial charge in [-0.3, -0.25) is 0 Å². The number of anilines is 1. The first-order valence-corrected chi connectivity index (χ1v) is 7.99. The monoisotopic (exact) mass is 426 g/mol. The molecule has 1 heterocycles. The van der Waals surface area contributed by atoms with E-state index in [1.54, 1.807) is 6.07 Å². The first kappa shape index (κ1) is 14.6. The number of halogens is 3. The molecule has 0 fully saturated rings. The van der Waals surface area contributed by atoms with Gasteiger partial charge in [-0.2, -0.15) is 0 Å². The molecule has 0 atom stereocenters. The quantitative estimate of drug-likeness (QED) is 0.564. The molecule has 3 nitrogen and oxygen atoms in total. The standard InChI is InChI=1S/C15H9Br2ClN2O/c16-9-3-1-8(2-4-9)13-14(20-21-15(13)19)11-6-5-10(18)7-12(11)17/h1-7H,19H2. The molecule has 0 saturated carbocycles. The molecule has 2 N–H and O–H groups in total. The average molecular weight is 429 g/mol. The number of nitrogen functional groups attached to an aromatic ring is 1. The molecule has 0 aliphatic carbocycles. The molecule has 0 amide bonds. The van der Waals surface area contributed by atoms with E-state index in [2.05, 4.69) is 37.0 Å². The minimum absolute atomic E-state index is 0.286. The molecular weight excluding hydrogens is 419 g/mol. The van der Waals surface area contributed by atoms with E-state index in [-0.39, 0.29) is 5.88 Å². The zero-order chi connectivity index (χ0) is 15.0. The number of rotatable bonds is 2. The third kappa shape index (κ3) is 2.86. The van der Waals surface area contributed by atoms with E-state index < -0.39 is 0 Å². The van der Waals surface area contributed by atoms with Gasteiger partial charge in [-0.25, -0.2) is 0 Å². The van der Waals surface area contributed by atoms with Crippen LogP contribution in [0.5, 0.6) is 0 Å². The maximum absolute atomic E-state index is 5.98. The Hall–Kier alpha value is -1.30. The smallest absolute Gasteiger partial charge is 0.230 e. The fourth-order valence-electron chi connectivity index (χ4n) is 2.06. The molecule has 1 aromatic heterocycles. The van der Waals surface area contributed by atoms with Gasteiger partial charge in [0, 0.05) is 19.5 Å². The highest BCUT2D eigenvalue weighted by atomic mass is 79.9.